The van der Waals surface area contributed by atoms with Crippen LogP contribution in [-0.4, -0.2) is 25.2 Å². The predicted molar refractivity (Wildman–Crippen MR) is 79.1 cm³/mol. The Morgan fingerprint density at radius 1 is 0.700 bits per heavy atom. The van der Waals surface area contributed by atoms with Crippen LogP contribution in [0.5, 0.6) is 0 Å². The summed E-state index contributed by atoms with van der Waals surface area (Å²) in [7, 11) is 0. The largest absolute Gasteiger partial charge is 0.461 e. The second kappa shape index (κ2) is 9.78. The lowest BCUT2D eigenvalue weighted by atomic mass is 9.86. The molecule has 4 heteroatoms. The summed E-state index contributed by atoms with van der Waals surface area (Å²) in [5.41, 5.74) is 0. The average molecular weight is 286 g/mol. The number of hydrogen-bond acceptors (Lipinski definition) is 4. The zero-order chi connectivity index (χ0) is 15.7. The SMILES string of the molecule is CC(C)[C@@H](C)C[C@@H](OC=O)[C@@H](C[C@H](C)C(C)C)OC=O. The zero-order valence-electron chi connectivity index (χ0n) is 13.7. The van der Waals surface area contributed by atoms with E-state index < -0.39 is 0 Å². The average Bonchev–Trinajstić information content (AvgIpc) is 2.37. The summed E-state index contributed by atoms with van der Waals surface area (Å²) in [4.78, 5) is 21.5. The van der Waals surface area contributed by atoms with Crippen molar-refractivity contribution in [3.8, 4) is 0 Å². The van der Waals surface area contributed by atoms with Gasteiger partial charge in [-0.2, -0.15) is 0 Å². The van der Waals surface area contributed by atoms with Crippen molar-refractivity contribution in [2.45, 2.75) is 66.6 Å². The highest BCUT2D eigenvalue weighted by Crippen LogP contribution is 2.26. The van der Waals surface area contributed by atoms with Gasteiger partial charge in [0.25, 0.3) is 12.9 Å². The van der Waals surface area contributed by atoms with Crippen molar-refractivity contribution in [1.29, 1.82) is 0 Å². The van der Waals surface area contributed by atoms with E-state index in [4.69, 9.17) is 9.47 Å². The van der Waals surface area contributed by atoms with Gasteiger partial charge < -0.3 is 9.47 Å². The maximum Gasteiger partial charge on any atom is 0.293 e. The maximum atomic E-state index is 10.7. The van der Waals surface area contributed by atoms with Crippen LogP contribution in [0.25, 0.3) is 0 Å². The normalized spacial score (nSPS) is 17.4. The topological polar surface area (TPSA) is 52.6 Å². The minimum absolute atomic E-state index is 0.365. The first-order chi connectivity index (χ1) is 9.33. The summed E-state index contributed by atoms with van der Waals surface area (Å²) < 4.78 is 10.4. The van der Waals surface area contributed by atoms with Crippen LogP contribution in [0.2, 0.25) is 0 Å². The van der Waals surface area contributed by atoms with Gasteiger partial charge >= 0.3 is 0 Å². The molecule has 0 heterocycles. The van der Waals surface area contributed by atoms with Crippen LogP contribution >= 0.6 is 0 Å². The summed E-state index contributed by atoms with van der Waals surface area (Å²) in [6, 6.07) is 0. The van der Waals surface area contributed by atoms with E-state index >= 15 is 0 Å². The second-order valence-corrected chi connectivity index (χ2v) is 6.46. The summed E-state index contributed by atoms with van der Waals surface area (Å²) in [5.74, 6) is 1.78. The fraction of sp³-hybridized carbons (Fsp3) is 0.875. The van der Waals surface area contributed by atoms with Gasteiger partial charge in [-0.15, -0.1) is 0 Å². The van der Waals surface area contributed by atoms with Crippen molar-refractivity contribution in [3.63, 3.8) is 0 Å². The number of carbonyl (C=O) groups is 2. The van der Waals surface area contributed by atoms with Crippen LogP contribution in [0.15, 0.2) is 0 Å². The fourth-order valence-electron chi connectivity index (χ4n) is 2.01. The van der Waals surface area contributed by atoms with Crippen molar-refractivity contribution in [1.82, 2.24) is 0 Å². The summed E-state index contributed by atoms with van der Waals surface area (Å²) in [6.45, 7) is 13.7. The van der Waals surface area contributed by atoms with Crippen LogP contribution in [-0.2, 0) is 19.1 Å². The fourth-order valence-corrected chi connectivity index (χ4v) is 2.01. The molecule has 4 atom stereocenters. The Morgan fingerprint density at radius 3 is 1.20 bits per heavy atom. The number of carbonyl (C=O) groups excluding carboxylic acids is 2. The Kier molecular flexibility index (Phi) is 9.26. The highest BCUT2D eigenvalue weighted by molar-refractivity contribution is 5.39. The first-order valence-electron chi connectivity index (χ1n) is 7.51. The molecule has 0 aliphatic carbocycles. The molecule has 0 aliphatic heterocycles. The monoisotopic (exact) mass is 286 g/mol. The van der Waals surface area contributed by atoms with E-state index in [1.807, 2.05) is 0 Å². The van der Waals surface area contributed by atoms with Crippen LogP contribution in [0, 0.1) is 23.7 Å². The third-order valence-corrected chi connectivity index (χ3v) is 4.36. The van der Waals surface area contributed by atoms with Gasteiger partial charge in [0.1, 0.15) is 12.2 Å². The van der Waals surface area contributed by atoms with Crippen molar-refractivity contribution in [2.75, 3.05) is 0 Å². The quantitative estimate of drug-likeness (QED) is 0.546. The van der Waals surface area contributed by atoms with E-state index in [2.05, 4.69) is 41.5 Å². The van der Waals surface area contributed by atoms with Gasteiger partial charge in [-0.25, -0.2) is 0 Å². The maximum absolute atomic E-state index is 10.7. The second-order valence-electron chi connectivity index (χ2n) is 6.46. The van der Waals surface area contributed by atoms with Crippen molar-refractivity contribution in [3.05, 3.63) is 0 Å². The van der Waals surface area contributed by atoms with Crippen LogP contribution in [0.3, 0.4) is 0 Å². The van der Waals surface area contributed by atoms with Gasteiger partial charge in [-0.1, -0.05) is 41.5 Å². The molecule has 0 radical (unpaired) electrons. The molecule has 0 spiro atoms. The highest BCUT2D eigenvalue weighted by Gasteiger charge is 2.29. The lowest BCUT2D eigenvalue weighted by molar-refractivity contribution is -0.154. The summed E-state index contributed by atoms with van der Waals surface area (Å²) in [5, 5.41) is 0. The summed E-state index contributed by atoms with van der Waals surface area (Å²) in [6.07, 6.45) is 0.687. The van der Waals surface area contributed by atoms with E-state index in [1.54, 1.807) is 0 Å². The van der Waals surface area contributed by atoms with E-state index in [1.165, 1.54) is 0 Å². The van der Waals surface area contributed by atoms with Crippen LogP contribution in [0.4, 0.5) is 0 Å². The third-order valence-electron chi connectivity index (χ3n) is 4.36. The minimum Gasteiger partial charge on any atom is -0.461 e. The molecule has 0 aliphatic rings. The van der Waals surface area contributed by atoms with Gasteiger partial charge in [0.05, 0.1) is 0 Å². The van der Waals surface area contributed by atoms with Crippen molar-refractivity contribution >= 4 is 12.9 Å². The molecule has 0 unspecified atom stereocenters. The molecular weight excluding hydrogens is 256 g/mol. The molecule has 0 saturated heterocycles. The number of rotatable bonds is 11. The standard InChI is InChI=1S/C16H30O4/c1-11(2)13(5)7-15(19-9-17)16(20-10-18)8-14(6)12(3)4/h9-16H,7-8H2,1-6H3/t13-,14-,15+,16+/m0/s1. The van der Waals surface area contributed by atoms with Gasteiger partial charge in [0.2, 0.25) is 0 Å². The van der Waals surface area contributed by atoms with E-state index in [0.29, 0.717) is 49.5 Å². The zero-order valence-corrected chi connectivity index (χ0v) is 13.7. The molecule has 0 N–H and O–H groups in total. The molecule has 0 aromatic rings. The van der Waals surface area contributed by atoms with Gasteiger partial charge in [-0.3, -0.25) is 9.59 Å². The van der Waals surface area contributed by atoms with Crippen molar-refractivity contribution in [2.24, 2.45) is 23.7 Å². The molecule has 0 aromatic carbocycles. The minimum atomic E-state index is -0.365. The highest BCUT2D eigenvalue weighted by atomic mass is 16.6. The molecule has 0 fully saturated rings. The molecule has 0 aromatic heterocycles. The van der Waals surface area contributed by atoms with E-state index in [0.717, 1.165) is 0 Å². The Labute approximate surface area is 123 Å². The molecule has 0 rings (SSSR count). The predicted octanol–water partition coefficient (Wildman–Crippen LogP) is 3.43. The number of hydrogen-bond donors (Lipinski definition) is 0. The van der Waals surface area contributed by atoms with E-state index in [9.17, 15) is 9.59 Å². The van der Waals surface area contributed by atoms with Crippen LogP contribution < -0.4 is 0 Å². The Morgan fingerprint density at radius 2 is 1.00 bits per heavy atom. The first kappa shape index (κ1) is 18.9. The smallest absolute Gasteiger partial charge is 0.293 e. The van der Waals surface area contributed by atoms with Crippen LogP contribution in [0.1, 0.15) is 54.4 Å². The lowest BCUT2D eigenvalue weighted by Crippen LogP contribution is -2.35. The first-order valence-corrected chi connectivity index (χ1v) is 7.51. The van der Waals surface area contributed by atoms with Gasteiger partial charge in [0.15, 0.2) is 0 Å². The lowest BCUT2D eigenvalue weighted by Gasteiger charge is -2.30. The molecule has 0 bridgehead atoms. The Hall–Kier alpha value is -1.06. The third kappa shape index (κ3) is 6.92. The van der Waals surface area contributed by atoms with Gasteiger partial charge in [-0.05, 0) is 36.5 Å². The van der Waals surface area contributed by atoms with Gasteiger partial charge in [0, 0.05) is 0 Å². The van der Waals surface area contributed by atoms with Crippen molar-refractivity contribution < 1.29 is 19.1 Å². The number of ether oxygens (including phenoxy) is 2. The Bertz CT molecular complexity index is 248. The Balaban J connectivity index is 4.83. The summed E-state index contributed by atoms with van der Waals surface area (Å²) >= 11 is 0. The molecule has 4 nitrogen and oxygen atoms in total. The molecular formula is C16H30O4. The molecule has 118 valence electrons. The van der Waals surface area contributed by atoms with E-state index in [-0.39, 0.29) is 12.2 Å². The molecule has 0 saturated carbocycles. The molecule has 20 heavy (non-hydrogen) atoms. The molecule has 0 amide bonds.